The Balaban J connectivity index is 1.74. The third kappa shape index (κ3) is 2.28. The van der Waals surface area contributed by atoms with Crippen LogP contribution in [0.5, 0.6) is 0 Å². The molecular formula is C12H15ClN2O2S. The second-order valence-electron chi connectivity index (χ2n) is 4.79. The summed E-state index contributed by atoms with van der Waals surface area (Å²) in [7, 11) is 0. The Kier molecular flexibility index (Phi) is 3.32. The highest BCUT2D eigenvalue weighted by Gasteiger charge is 2.40. The number of hydrogen-bond acceptors (Lipinski definition) is 4. The first-order valence-electron chi connectivity index (χ1n) is 6.08. The normalized spacial score (nSPS) is 27.9. The molecule has 3 heterocycles. The SMILES string of the molecule is O=C(c1ccc(Cl)s1)N1CCOC2(CCNC2)C1. The fraction of sp³-hybridized carbons (Fsp3) is 0.583. The van der Waals surface area contributed by atoms with Gasteiger partial charge in [0.25, 0.3) is 5.91 Å². The molecule has 2 saturated heterocycles. The molecule has 18 heavy (non-hydrogen) atoms. The molecule has 0 bridgehead atoms. The smallest absolute Gasteiger partial charge is 0.264 e. The van der Waals surface area contributed by atoms with Crippen LogP contribution in [0.15, 0.2) is 12.1 Å². The Morgan fingerprint density at radius 3 is 3.11 bits per heavy atom. The fourth-order valence-corrected chi connectivity index (χ4v) is 3.59. The van der Waals surface area contributed by atoms with E-state index in [2.05, 4.69) is 5.32 Å². The molecule has 4 nitrogen and oxygen atoms in total. The molecule has 2 aliphatic rings. The van der Waals surface area contributed by atoms with Crippen molar-refractivity contribution >= 4 is 28.8 Å². The van der Waals surface area contributed by atoms with Crippen molar-refractivity contribution in [2.75, 3.05) is 32.8 Å². The summed E-state index contributed by atoms with van der Waals surface area (Å²) in [6.45, 7) is 3.76. The lowest BCUT2D eigenvalue weighted by molar-refractivity contribution is -0.0865. The van der Waals surface area contributed by atoms with E-state index in [-0.39, 0.29) is 11.5 Å². The lowest BCUT2D eigenvalue weighted by Gasteiger charge is -2.39. The van der Waals surface area contributed by atoms with Crippen LogP contribution in [0.1, 0.15) is 16.1 Å². The molecule has 6 heteroatoms. The van der Waals surface area contributed by atoms with Gasteiger partial charge in [0.2, 0.25) is 0 Å². The lowest BCUT2D eigenvalue weighted by atomic mass is 10.0. The maximum absolute atomic E-state index is 12.4. The maximum Gasteiger partial charge on any atom is 0.264 e. The van der Waals surface area contributed by atoms with Gasteiger partial charge in [-0.1, -0.05) is 11.6 Å². The van der Waals surface area contributed by atoms with Gasteiger partial charge in [0.1, 0.15) is 0 Å². The van der Waals surface area contributed by atoms with Crippen LogP contribution in [0.4, 0.5) is 0 Å². The van der Waals surface area contributed by atoms with Gasteiger partial charge < -0.3 is 15.0 Å². The molecular weight excluding hydrogens is 272 g/mol. The number of nitrogens with one attached hydrogen (secondary N) is 1. The molecule has 1 amide bonds. The molecule has 1 spiro atoms. The molecule has 2 fully saturated rings. The van der Waals surface area contributed by atoms with E-state index in [0.717, 1.165) is 19.5 Å². The molecule has 1 unspecified atom stereocenters. The van der Waals surface area contributed by atoms with Gasteiger partial charge in [-0.05, 0) is 25.1 Å². The number of thiophene rings is 1. The van der Waals surface area contributed by atoms with Gasteiger partial charge in [-0.3, -0.25) is 4.79 Å². The van der Waals surface area contributed by atoms with E-state index in [9.17, 15) is 4.79 Å². The predicted octanol–water partition coefficient (Wildman–Crippen LogP) is 1.61. The first-order valence-corrected chi connectivity index (χ1v) is 7.27. The Labute approximate surface area is 115 Å². The average Bonchev–Trinajstić information content (AvgIpc) is 2.98. The summed E-state index contributed by atoms with van der Waals surface area (Å²) in [5.74, 6) is 0.0708. The van der Waals surface area contributed by atoms with Crippen molar-refractivity contribution in [1.29, 1.82) is 0 Å². The maximum atomic E-state index is 12.4. The predicted molar refractivity (Wildman–Crippen MR) is 71.4 cm³/mol. The Morgan fingerprint density at radius 1 is 1.56 bits per heavy atom. The minimum atomic E-state index is -0.172. The lowest BCUT2D eigenvalue weighted by Crippen LogP contribution is -2.54. The molecule has 1 atom stereocenters. The van der Waals surface area contributed by atoms with Crippen molar-refractivity contribution in [1.82, 2.24) is 10.2 Å². The summed E-state index contributed by atoms with van der Waals surface area (Å²) in [6.07, 6.45) is 0.974. The summed E-state index contributed by atoms with van der Waals surface area (Å²) >= 11 is 7.22. The summed E-state index contributed by atoms with van der Waals surface area (Å²) in [5.41, 5.74) is -0.172. The second-order valence-corrected chi connectivity index (χ2v) is 6.50. The number of ether oxygens (including phenoxy) is 1. The minimum Gasteiger partial charge on any atom is -0.370 e. The number of hydrogen-bond donors (Lipinski definition) is 1. The number of nitrogens with zero attached hydrogens (tertiary/aromatic N) is 1. The van der Waals surface area contributed by atoms with Gasteiger partial charge in [-0.2, -0.15) is 0 Å². The van der Waals surface area contributed by atoms with E-state index in [4.69, 9.17) is 16.3 Å². The number of carbonyl (C=O) groups is 1. The van der Waals surface area contributed by atoms with Gasteiger partial charge in [0, 0.05) is 13.1 Å². The number of morpholine rings is 1. The van der Waals surface area contributed by atoms with E-state index in [1.165, 1.54) is 11.3 Å². The van der Waals surface area contributed by atoms with E-state index < -0.39 is 0 Å². The zero-order valence-electron chi connectivity index (χ0n) is 9.95. The van der Waals surface area contributed by atoms with Crippen LogP contribution in [-0.4, -0.2) is 49.2 Å². The van der Waals surface area contributed by atoms with Crippen molar-refractivity contribution < 1.29 is 9.53 Å². The van der Waals surface area contributed by atoms with Crippen molar-refractivity contribution in [3.8, 4) is 0 Å². The molecule has 3 rings (SSSR count). The summed E-state index contributed by atoms with van der Waals surface area (Å²) in [6, 6.07) is 3.57. The second kappa shape index (κ2) is 4.81. The van der Waals surface area contributed by atoms with Crippen molar-refractivity contribution in [3.63, 3.8) is 0 Å². The largest absolute Gasteiger partial charge is 0.370 e. The van der Waals surface area contributed by atoms with Crippen LogP contribution in [0, 0.1) is 0 Å². The van der Waals surface area contributed by atoms with Gasteiger partial charge in [0.15, 0.2) is 0 Å². The Bertz CT molecular complexity index is 457. The monoisotopic (exact) mass is 286 g/mol. The topological polar surface area (TPSA) is 41.6 Å². The van der Waals surface area contributed by atoms with Crippen LogP contribution in [0.3, 0.4) is 0 Å². The third-order valence-corrected chi connectivity index (χ3v) is 4.74. The first-order chi connectivity index (χ1) is 8.69. The average molecular weight is 287 g/mol. The molecule has 1 N–H and O–H groups in total. The molecule has 1 aromatic heterocycles. The van der Waals surface area contributed by atoms with E-state index in [0.29, 0.717) is 28.9 Å². The minimum absolute atomic E-state index is 0.0708. The van der Waals surface area contributed by atoms with Crippen molar-refractivity contribution in [2.45, 2.75) is 12.0 Å². The van der Waals surface area contributed by atoms with Gasteiger partial charge in [0.05, 0.1) is 28.0 Å². The van der Waals surface area contributed by atoms with Crippen LogP contribution in [0.2, 0.25) is 4.34 Å². The third-order valence-electron chi connectivity index (χ3n) is 3.52. The highest BCUT2D eigenvalue weighted by molar-refractivity contribution is 7.17. The Morgan fingerprint density at radius 2 is 2.44 bits per heavy atom. The van der Waals surface area contributed by atoms with E-state index in [1.54, 1.807) is 12.1 Å². The van der Waals surface area contributed by atoms with E-state index >= 15 is 0 Å². The van der Waals surface area contributed by atoms with Crippen LogP contribution in [-0.2, 0) is 4.74 Å². The van der Waals surface area contributed by atoms with Crippen LogP contribution < -0.4 is 5.32 Å². The highest BCUT2D eigenvalue weighted by Crippen LogP contribution is 2.28. The highest BCUT2D eigenvalue weighted by atomic mass is 35.5. The number of rotatable bonds is 1. The molecule has 98 valence electrons. The summed E-state index contributed by atoms with van der Waals surface area (Å²) in [4.78, 5) is 15.0. The fourth-order valence-electron chi connectivity index (χ4n) is 2.58. The van der Waals surface area contributed by atoms with Gasteiger partial charge in [-0.25, -0.2) is 0 Å². The van der Waals surface area contributed by atoms with Gasteiger partial charge in [-0.15, -0.1) is 11.3 Å². The standard InChI is InChI=1S/C12H15ClN2O2S/c13-10-2-1-9(18-10)11(16)15-5-6-17-12(8-15)3-4-14-7-12/h1-2,14H,3-8H2. The quantitative estimate of drug-likeness (QED) is 0.853. The first kappa shape index (κ1) is 12.4. The Hall–Kier alpha value is -0.620. The summed E-state index contributed by atoms with van der Waals surface area (Å²) in [5, 5.41) is 3.30. The van der Waals surface area contributed by atoms with Crippen molar-refractivity contribution in [2.24, 2.45) is 0 Å². The number of carbonyl (C=O) groups excluding carboxylic acids is 1. The molecule has 2 aliphatic heterocycles. The number of halogens is 1. The van der Waals surface area contributed by atoms with Crippen LogP contribution >= 0.6 is 22.9 Å². The molecule has 1 aromatic rings. The molecule has 0 aromatic carbocycles. The van der Waals surface area contributed by atoms with Gasteiger partial charge >= 0.3 is 0 Å². The number of amides is 1. The zero-order valence-corrected chi connectivity index (χ0v) is 11.5. The van der Waals surface area contributed by atoms with E-state index in [1.807, 2.05) is 4.90 Å². The molecule has 0 saturated carbocycles. The zero-order chi connectivity index (χ0) is 12.6. The molecule has 0 aliphatic carbocycles. The molecule has 0 radical (unpaired) electrons. The van der Waals surface area contributed by atoms with Crippen molar-refractivity contribution in [3.05, 3.63) is 21.3 Å². The summed E-state index contributed by atoms with van der Waals surface area (Å²) < 4.78 is 6.53. The van der Waals surface area contributed by atoms with Crippen LogP contribution in [0.25, 0.3) is 0 Å².